The van der Waals surface area contributed by atoms with Crippen LogP contribution in [0.5, 0.6) is 5.75 Å². The van der Waals surface area contributed by atoms with Crippen molar-refractivity contribution in [2.24, 2.45) is 0 Å². The molecule has 8 atom stereocenters. The Bertz CT molecular complexity index is 1070. The van der Waals surface area contributed by atoms with E-state index in [1.165, 1.54) is 36.4 Å². The van der Waals surface area contributed by atoms with E-state index in [1.807, 2.05) is 0 Å². The molecule has 2 aliphatic heterocycles. The lowest BCUT2D eigenvalue weighted by Crippen LogP contribution is -2.62. The molecule has 13 nitrogen and oxygen atoms in total. The molecule has 0 aromatic heterocycles. The smallest absolute Gasteiger partial charge is 0.338 e. The number of hydrogen-bond acceptors (Lipinski definition) is 13. The third-order valence-electron chi connectivity index (χ3n) is 6.38. The van der Waals surface area contributed by atoms with E-state index >= 15 is 0 Å². The maximum atomic E-state index is 12.3. The first-order valence-electron chi connectivity index (χ1n) is 11.8. The van der Waals surface area contributed by atoms with Gasteiger partial charge in [0.05, 0.1) is 25.4 Å². The summed E-state index contributed by atoms with van der Waals surface area (Å²) >= 11 is 0. The lowest BCUT2D eigenvalue weighted by Gasteiger charge is -2.42. The van der Waals surface area contributed by atoms with Gasteiger partial charge in [0.25, 0.3) is 0 Å². The average Bonchev–Trinajstić information content (AvgIpc) is 3.21. The molecule has 2 fully saturated rings. The molecule has 38 heavy (non-hydrogen) atoms. The van der Waals surface area contributed by atoms with Gasteiger partial charge in [-0.2, -0.15) is 0 Å². The minimum atomic E-state index is -2.04. The van der Waals surface area contributed by atoms with Crippen molar-refractivity contribution < 1.29 is 59.1 Å². The number of hydrogen-bond donors (Lipinski definition) is 7. The molecule has 13 heteroatoms. The van der Waals surface area contributed by atoms with Crippen LogP contribution in [-0.4, -0.2) is 105 Å². The van der Waals surface area contributed by atoms with Gasteiger partial charge in [0.15, 0.2) is 18.0 Å². The molecule has 2 aromatic carbocycles. The first kappa shape index (κ1) is 28.2. The molecule has 4 rings (SSSR count). The van der Waals surface area contributed by atoms with Crippen molar-refractivity contribution in [3.8, 4) is 5.75 Å². The van der Waals surface area contributed by atoms with Crippen LogP contribution in [0.1, 0.15) is 15.9 Å². The van der Waals surface area contributed by atoms with Crippen LogP contribution in [0.25, 0.3) is 0 Å². The van der Waals surface area contributed by atoms with Gasteiger partial charge < -0.3 is 60.1 Å². The van der Waals surface area contributed by atoms with Crippen LogP contribution >= 0.6 is 0 Å². The monoisotopic (exact) mass is 537 g/mol. The Morgan fingerprint density at radius 1 is 1.00 bits per heavy atom. The predicted octanol–water partition coefficient (Wildman–Crippen LogP) is -1.73. The summed E-state index contributed by atoms with van der Waals surface area (Å²) < 4.78 is 27.6. The molecule has 2 heterocycles. The number of rotatable bonds is 9. The molecule has 2 aromatic rings. The highest BCUT2D eigenvalue weighted by molar-refractivity contribution is 5.89. The van der Waals surface area contributed by atoms with E-state index in [4.69, 9.17) is 29.4 Å². The number of carbonyl (C=O) groups is 1. The Balaban J connectivity index is 1.43. The SMILES string of the molecule is Nc1ccc(C(=O)OC[C@@]2(O)CO[C@@H](O[C@@H]3[C@@H](Oc4ccc(CO)cc4)O[C@@H](CO)[C@@H](O)[C@H]3O)[C@H]2O)cc1. The summed E-state index contributed by atoms with van der Waals surface area (Å²) in [6, 6.07) is 12.2. The first-order chi connectivity index (χ1) is 18.1. The Morgan fingerprint density at radius 3 is 2.32 bits per heavy atom. The number of nitrogen functional groups attached to an aromatic ring is 1. The molecule has 0 spiro atoms. The fourth-order valence-corrected chi connectivity index (χ4v) is 4.05. The fourth-order valence-electron chi connectivity index (χ4n) is 4.05. The standard InChI is InChI=1S/C25H31NO12/c26-15-5-3-14(4-6-15)22(32)34-11-25(33)12-35-24(21(25)31)38-20-19(30)18(29)17(10-28)37-23(20)36-16-7-1-13(9-27)2-8-16/h1-8,17-21,23-24,27-31,33H,9-12,26H2/t17-,18+,19+,20-,21+,23-,24-,25+/m0/s1. The zero-order chi connectivity index (χ0) is 27.4. The van der Waals surface area contributed by atoms with Crippen LogP contribution in [0.4, 0.5) is 5.69 Å². The summed E-state index contributed by atoms with van der Waals surface area (Å²) in [6.45, 7) is -1.92. The van der Waals surface area contributed by atoms with E-state index in [2.05, 4.69) is 0 Å². The fraction of sp³-hybridized carbons (Fsp3) is 0.480. The third-order valence-corrected chi connectivity index (χ3v) is 6.38. The highest BCUT2D eigenvalue weighted by Gasteiger charge is 2.54. The van der Waals surface area contributed by atoms with E-state index in [0.717, 1.165) is 0 Å². The number of anilines is 1. The van der Waals surface area contributed by atoms with Crippen molar-refractivity contribution in [3.05, 3.63) is 59.7 Å². The van der Waals surface area contributed by atoms with Gasteiger partial charge in [-0.05, 0) is 42.0 Å². The second kappa shape index (κ2) is 11.9. The van der Waals surface area contributed by atoms with Crippen molar-refractivity contribution in [2.45, 2.75) is 55.3 Å². The van der Waals surface area contributed by atoms with E-state index in [0.29, 0.717) is 11.3 Å². The summed E-state index contributed by atoms with van der Waals surface area (Å²) in [5.74, 6) is -0.495. The van der Waals surface area contributed by atoms with Gasteiger partial charge in [0.1, 0.15) is 36.8 Å². The quantitative estimate of drug-likeness (QED) is 0.140. The summed E-state index contributed by atoms with van der Waals surface area (Å²) in [4.78, 5) is 12.3. The van der Waals surface area contributed by atoms with Crippen LogP contribution in [0.2, 0.25) is 0 Å². The highest BCUT2D eigenvalue weighted by atomic mass is 16.8. The van der Waals surface area contributed by atoms with Crippen LogP contribution in [0, 0.1) is 0 Å². The minimum Gasteiger partial charge on any atom is -0.462 e. The molecule has 0 radical (unpaired) electrons. The van der Waals surface area contributed by atoms with Crippen LogP contribution < -0.4 is 10.5 Å². The lowest BCUT2D eigenvalue weighted by molar-refractivity contribution is -0.318. The van der Waals surface area contributed by atoms with Gasteiger partial charge in [-0.3, -0.25) is 0 Å². The largest absolute Gasteiger partial charge is 0.462 e. The van der Waals surface area contributed by atoms with Crippen molar-refractivity contribution in [3.63, 3.8) is 0 Å². The van der Waals surface area contributed by atoms with Gasteiger partial charge in [-0.1, -0.05) is 12.1 Å². The van der Waals surface area contributed by atoms with Crippen LogP contribution in [-0.2, 0) is 25.6 Å². The number of benzene rings is 2. The molecule has 0 aliphatic carbocycles. The molecule has 2 aliphatic rings. The minimum absolute atomic E-state index is 0.182. The van der Waals surface area contributed by atoms with E-state index in [1.54, 1.807) is 12.1 Å². The van der Waals surface area contributed by atoms with Gasteiger partial charge in [-0.15, -0.1) is 0 Å². The molecule has 0 amide bonds. The topological polar surface area (TPSA) is 211 Å². The number of esters is 1. The molecule has 0 bridgehead atoms. The predicted molar refractivity (Wildman–Crippen MR) is 127 cm³/mol. The van der Waals surface area contributed by atoms with E-state index < -0.39 is 74.5 Å². The molecule has 8 N–H and O–H groups in total. The summed E-state index contributed by atoms with van der Waals surface area (Å²) in [6.07, 6.45) is -10.5. The maximum Gasteiger partial charge on any atom is 0.338 e. The molecule has 0 unspecified atom stereocenters. The highest BCUT2D eigenvalue weighted by Crippen LogP contribution is 2.32. The van der Waals surface area contributed by atoms with Gasteiger partial charge in [0, 0.05) is 5.69 Å². The van der Waals surface area contributed by atoms with E-state index in [9.17, 15) is 35.4 Å². The maximum absolute atomic E-state index is 12.3. The number of aliphatic hydroxyl groups excluding tert-OH is 5. The van der Waals surface area contributed by atoms with Crippen molar-refractivity contribution in [1.29, 1.82) is 0 Å². The molecule has 2 saturated heterocycles. The zero-order valence-corrected chi connectivity index (χ0v) is 20.2. The van der Waals surface area contributed by atoms with Crippen molar-refractivity contribution >= 4 is 11.7 Å². The van der Waals surface area contributed by atoms with Crippen LogP contribution in [0.3, 0.4) is 0 Å². The zero-order valence-electron chi connectivity index (χ0n) is 20.2. The van der Waals surface area contributed by atoms with E-state index in [-0.39, 0.29) is 17.9 Å². The van der Waals surface area contributed by atoms with Gasteiger partial charge >= 0.3 is 5.97 Å². The Hall–Kier alpha value is -2.85. The van der Waals surface area contributed by atoms with Gasteiger partial charge in [0.2, 0.25) is 6.29 Å². The van der Waals surface area contributed by atoms with Crippen molar-refractivity contribution in [1.82, 2.24) is 0 Å². The first-order valence-corrected chi connectivity index (χ1v) is 11.8. The van der Waals surface area contributed by atoms with Crippen molar-refractivity contribution in [2.75, 3.05) is 25.6 Å². The Labute approximate surface area is 217 Å². The Kier molecular flexibility index (Phi) is 8.82. The summed E-state index contributed by atoms with van der Waals surface area (Å²) in [5.41, 5.74) is 4.82. The number of aliphatic hydroxyl groups is 6. The number of nitrogens with two attached hydrogens (primary N) is 1. The molecule has 0 saturated carbocycles. The number of ether oxygens (including phenoxy) is 5. The lowest BCUT2D eigenvalue weighted by atomic mass is 9.98. The van der Waals surface area contributed by atoms with Gasteiger partial charge in [-0.25, -0.2) is 4.79 Å². The summed E-state index contributed by atoms with van der Waals surface area (Å²) in [7, 11) is 0. The molecular formula is C25H31NO12. The third kappa shape index (κ3) is 6.07. The summed E-state index contributed by atoms with van der Waals surface area (Å²) in [5, 5.41) is 61.4. The molecule has 208 valence electrons. The molecular weight excluding hydrogens is 506 g/mol. The second-order valence-corrected chi connectivity index (χ2v) is 9.15. The van der Waals surface area contributed by atoms with Crippen LogP contribution in [0.15, 0.2) is 48.5 Å². The average molecular weight is 538 g/mol. The normalized spacial score (nSPS) is 33.2. The number of carbonyl (C=O) groups excluding carboxylic acids is 1. The Morgan fingerprint density at radius 2 is 1.68 bits per heavy atom. The second-order valence-electron chi connectivity index (χ2n) is 9.15.